The Kier molecular flexibility index (Phi) is 9.81. The van der Waals surface area contributed by atoms with Gasteiger partial charge in [0, 0.05) is 42.2 Å². The van der Waals surface area contributed by atoms with Gasteiger partial charge in [-0.3, -0.25) is 9.59 Å². The van der Waals surface area contributed by atoms with Crippen molar-refractivity contribution in [2.45, 2.75) is 127 Å². The van der Waals surface area contributed by atoms with E-state index in [1.807, 2.05) is 18.2 Å². The Bertz CT molecular complexity index is 1540. The van der Waals surface area contributed by atoms with Crippen molar-refractivity contribution >= 4 is 17.4 Å². The fourth-order valence-electron chi connectivity index (χ4n) is 10.3. The smallest absolute Gasteiger partial charge is 0.247 e. The minimum atomic E-state index is -0.932. The fourth-order valence-corrected chi connectivity index (χ4v) is 10.3. The number of ketones is 1. The first-order valence-corrected chi connectivity index (χ1v) is 19.2. The summed E-state index contributed by atoms with van der Waals surface area (Å²) in [6, 6.07) is 16.7. The second-order valence-electron chi connectivity index (χ2n) is 16.4. The number of benzene rings is 2. The zero-order valence-corrected chi connectivity index (χ0v) is 29.8. The van der Waals surface area contributed by atoms with E-state index in [9.17, 15) is 19.8 Å². The third-order valence-electron chi connectivity index (χ3n) is 13.5. The zero-order valence-electron chi connectivity index (χ0n) is 29.8. The van der Waals surface area contributed by atoms with E-state index in [1.165, 1.54) is 12.0 Å². The number of carbonyl (C=O) groups is 2. The van der Waals surface area contributed by atoms with Gasteiger partial charge in [0.2, 0.25) is 5.91 Å². The van der Waals surface area contributed by atoms with Gasteiger partial charge in [0.1, 0.15) is 5.54 Å². The maximum Gasteiger partial charge on any atom is 0.247 e. The summed E-state index contributed by atoms with van der Waals surface area (Å²) in [6.45, 7) is 7.05. The summed E-state index contributed by atoms with van der Waals surface area (Å²) >= 11 is 0. The third-order valence-corrected chi connectivity index (χ3v) is 13.5. The Labute approximate surface area is 293 Å². The van der Waals surface area contributed by atoms with Crippen molar-refractivity contribution in [3.8, 4) is 0 Å². The highest BCUT2D eigenvalue weighted by atomic mass is 16.3. The second-order valence-corrected chi connectivity index (χ2v) is 16.4. The van der Waals surface area contributed by atoms with Crippen molar-refractivity contribution in [2.24, 2.45) is 11.3 Å². The van der Waals surface area contributed by atoms with Crippen molar-refractivity contribution in [3.05, 3.63) is 76.9 Å². The number of nitrogens with one attached hydrogen (secondary N) is 1. The number of amides is 1. The summed E-state index contributed by atoms with van der Waals surface area (Å²) in [5, 5.41) is 27.0. The average Bonchev–Trinajstić information content (AvgIpc) is 3.56. The summed E-state index contributed by atoms with van der Waals surface area (Å²) in [6.07, 6.45) is 14.0. The second kappa shape index (κ2) is 14.0. The van der Waals surface area contributed by atoms with E-state index in [-0.39, 0.29) is 23.5 Å². The monoisotopic (exact) mass is 667 g/mol. The first kappa shape index (κ1) is 34.4. The van der Waals surface area contributed by atoms with E-state index in [0.29, 0.717) is 32.5 Å². The molecule has 2 aliphatic heterocycles. The molecule has 1 spiro atoms. The van der Waals surface area contributed by atoms with E-state index >= 15 is 0 Å². The highest BCUT2D eigenvalue weighted by molar-refractivity contribution is 5.99. The molecule has 264 valence electrons. The van der Waals surface area contributed by atoms with Gasteiger partial charge < -0.3 is 25.3 Å². The minimum absolute atomic E-state index is 0.0565. The molecule has 2 heterocycles. The molecule has 7 heteroatoms. The van der Waals surface area contributed by atoms with Crippen molar-refractivity contribution in [3.63, 3.8) is 0 Å². The fraction of sp³-hybridized carbons (Fsp3) is 0.619. The molecule has 49 heavy (non-hydrogen) atoms. The number of piperidine rings is 1. The largest absolute Gasteiger partial charge is 0.393 e. The van der Waals surface area contributed by atoms with E-state index in [2.05, 4.69) is 65.4 Å². The Morgan fingerprint density at radius 3 is 2.47 bits per heavy atom. The van der Waals surface area contributed by atoms with Gasteiger partial charge in [-0.05, 0) is 113 Å². The molecule has 2 aromatic carbocycles. The number of hydrogen-bond donors (Lipinski definition) is 3. The Morgan fingerprint density at radius 1 is 0.959 bits per heavy atom. The number of nitrogens with zero attached hydrogens (tertiary/aromatic N) is 2. The summed E-state index contributed by atoms with van der Waals surface area (Å²) in [5.74, 6) is 0.501. The standard InChI is InChI=1S/C42H57N3O4/c1-30-10-9-20-40(2)37(35-18-16-31(26-34(46)17-15-30)27-36(35)38(47)32-11-5-3-6-12-32)19-21-42(40,49)28-44-24-22-41(23-25-44)39(48)43-29-45(41)33-13-7-4-8-14-33/h4,7-8,10,13-14,16,18,27,32,34,37,46,49H,3,5-6,9,11-12,15,17,19-26,28-29H2,1-2H3,(H,43,48). The molecule has 4 unspecified atom stereocenters. The SMILES string of the molecule is CC1=CCCC2(C)C(CCC2(O)CN2CCC3(CC2)C(=O)NCN3c2ccccc2)c2ccc(cc2C(=O)C2CCCCC2)CC(O)CC1. The van der Waals surface area contributed by atoms with Crippen LogP contribution >= 0.6 is 0 Å². The molecule has 2 saturated heterocycles. The number of β-amino-alcohol motifs (C(OH)–C–C–N with tert-alkyl or cyclic N) is 1. The van der Waals surface area contributed by atoms with Crippen LogP contribution in [0.3, 0.4) is 0 Å². The highest BCUT2D eigenvalue weighted by Gasteiger charge is 2.58. The maximum atomic E-state index is 14.3. The molecular weight excluding hydrogens is 610 g/mol. The summed E-state index contributed by atoms with van der Waals surface area (Å²) in [4.78, 5) is 32.3. The molecule has 0 aromatic heterocycles. The van der Waals surface area contributed by atoms with Gasteiger partial charge in [-0.15, -0.1) is 0 Å². The van der Waals surface area contributed by atoms with Crippen molar-refractivity contribution in [1.29, 1.82) is 0 Å². The number of aliphatic hydroxyl groups excluding tert-OH is 1. The number of likely N-dealkylation sites (tertiary alicyclic amines) is 1. The van der Waals surface area contributed by atoms with Crippen LogP contribution in [0.1, 0.15) is 125 Å². The van der Waals surface area contributed by atoms with Crippen LogP contribution < -0.4 is 10.2 Å². The number of fused-ring (bicyclic) bond motifs is 8. The molecule has 3 N–H and O–H groups in total. The van der Waals surface area contributed by atoms with E-state index in [4.69, 9.17) is 0 Å². The van der Waals surface area contributed by atoms with Crippen molar-refractivity contribution < 1.29 is 19.8 Å². The molecule has 6 aliphatic rings. The molecule has 0 radical (unpaired) electrons. The maximum absolute atomic E-state index is 14.3. The van der Waals surface area contributed by atoms with Crippen LogP contribution in [0.4, 0.5) is 5.69 Å². The lowest BCUT2D eigenvalue weighted by Crippen LogP contribution is -2.59. The van der Waals surface area contributed by atoms with Crippen LogP contribution in [0, 0.1) is 11.3 Å². The molecule has 4 atom stereocenters. The zero-order chi connectivity index (χ0) is 34.2. The highest BCUT2D eigenvalue weighted by Crippen LogP contribution is 2.59. The van der Waals surface area contributed by atoms with E-state index < -0.39 is 22.7 Å². The van der Waals surface area contributed by atoms with E-state index in [0.717, 1.165) is 99.7 Å². The molecule has 4 fully saturated rings. The van der Waals surface area contributed by atoms with Crippen LogP contribution in [-0.2, 0) is 11.2 Å². The third kappa shape index (κ3) is 6.52. The number of aliphatic hydroxyl groups is 2. The van der Waals surface area contributed by atoms with Gasteiger partial charge in [-0.1, -0.05) is 68.2 Å². The number of hydrogen-bond acceptors (Lipinski definition) is 6. The molecule has 2 saturated carbocycles. The lowest BCUT2D eigenvalue weighted by molar-refractivity contribution is -0.126. The summed E-state index contributed by atoms with van der Waals surface area (Å²) in [5.41, 5.74) is 3.41. The van der Waals surface area contributed by atoms with Crippen LogP contribution in [0.2, 0.25) is 0 Å². The Hall–Kier alpha value is -3.00. The van der Waals surface area contributed by atoms with Gasteiger partial charge in [-0.25, -0.2) is 0 Å². The molecule has 2 bridgehead atoms. The van der Waals surface area contributed by atoms with Crippen LogP contribution in [-0.4, -0.2) is 70.4 Å². The molecule has 1 amide bonds. The quantitative estimate of drug-likeness (QED) is 0.237. The Morgan fingerprint density at radius 2 is 1.71 bits per heavy atom. The number of rotatable bonds is 5. The normalized spacial score (nSPS) is 31.3. The van der Waals surface area contributed by atoms with Gasteiger partial charge in [-0.2, -0.15) is 0 Å². The van der Waals surface area contributed by atoms with Gasteiger partial charge >= 0.3 is 0 Å². The number of allylic oxidation sites excluding steroid dienone is 2. The number of carbonyl (C=O) groups excluding carboxylic acids is 2. The lowest BCUT2D eigenvalue weighted by Gasteiger charge is -2.49. The van der Waals surface area contributed by atoms with Gasteiger partial charge in [0.05, 0.1) is 18.4 Å². The topological polar surface area (TPSA) is 93.1 Å². The lowest BCUT2D eigenvalue weighted by atomic mass is 9.64. The van der Waals surface area contributed by atoms with Gasteiger partial charge in [0.15, 0.2) is 5.78 Å². The van der Waals surface area contributed by atoms with Crippen molar-refractivity contribution in [1.82, 2.24) is 10.2 Å². The summed E-state index contributed by atoms with van der Waals surface area (Å²) in [7, 11) is 0. The number of para-hydroxylation sites is 1. The van der Waals surface area contributed by atoms with E-state index in [1.54, 1.807) is 0 Å². The molecule has 2 aromatic rings. The molecular formula is C42H57N3O4. The predicted octanol–water partition coefficient (Wildman–Crippen LogP) is 6.92. The van der Waals surface area contributed by atoms with Gasteiger partial charge in [0.25, 0.3) is 0 Å². The minimum Gasteiger partial charge on any atom is -0.393 e. The molecule has 8 rings (SSSR count). The first-order chi connectivity index (χ1) is 23.6. The van der Waals surface area contributed by atoms with Crippen LogP contribution in [0.25, 0.3) is 0 Å². The number of anilines is 1. The molecule has 4 aliphatic carbocycles. The molecule has 7 nitrogen and oxygen atoms in total. The Balaban J connectivity index is 1.18. The van der Waals surface area contributed by atoms with Crippen LogP contribution in [0.5, 0.6) is 0 Å². The summed E-state index contributed by atoms with van der Waals surface area (Å²) < 4.78 is 0. The predicted molar refractivity (Wildman–Crippen MR) is 195 cm³/mol. The first-order valence-electron chi connectivity index (χ1n) is 19.2. The van der Waals surface area contributed by atoms with Crippen molar-refractivity contribution in [2.75, 3.05) is 31.2 Å². The number of Topliss-reactive ketones (excluding diaryl/α,β-unsaturated/α-hetero) is 1. The average molecular weight is 668 g/mol. The van der Waals surface area contributed by atoms with Crippen LogP contribution in [0.15, 0.2) is 60.2 Å².